The lowest BCUT2D eigenvalue weighted by Gasteiger charge is -2.18. The van der Waals surface area contributed by atoms with E-state index in [1.807, 2.05) is 0 Å². The van der Waals surface area contributed by atoms with Gasteiger partial charge in [-0.25, -0.2) is 0 Å². The molecular weight excluding hydrogens is 925 g/mol. The maximum atomic E-state index is 12.9. The van der Waals surface area contributed by atoms with Gasteiger partial charge in [-0.15, -0.1) is 0 Å². The van der Waals surface area contributed by atoms with Crippen LogP contribution in [0.25, 0.3) is 0 Å². The Balaban J connectivity index is 4.13. The highest BCUT2D eigenvalue weighted by molar-refractivity contribution is 5.71. The summed E-state index contributed by atoms with van der Waals surface area (Å²) in [7, 11) is 0. The fraction of sp³-hybridized carbons (Fsp3) is 0.754. The smallest absolute Gasteiger partial charge is 0.306 e. The summed E-state index contributed by atoms with van der Waals surface area (Å²) < 4.78 is 16.8. The van der Waals surface area contributed by atoms with Crippen molar-refractivity contribution in [3.8, 4) is 0 Å². The van der Waals surface area contributed by atoms with Crippen molar-refractivity contribution < 1.29 is 28.6 Å². The molecule has 0 aromatic heterocycles. The zero-order valence-corrected chi connectivity index (χ0v) is 49.6. The lowest BCUT2D eigenvalue weighted by molar-refractivity contribution is -0.167. The zero-order valence-electron chi connectivity index (χ0n) is 49.6. The number of ether oxygens (including phenoxy) is 3. The molecule has 0 aliphatic heterocycles. The van der Waals surface area contributed by atoms with Gasteiger partial charge in [0.2, 0.25) is 0 Å². The highest BCUT2D eigenvalue weighted by Gasteiger charge is 2.19. The lowest BCUT2D eigenvalue weighted by Crippen LogP contribution is -2.30. The van der Waals surface area contributed by atoms with Gasteiger partial charge in [-0.3, -0.25) is 14.4 Å². The summed E-state index contributed by atoms with van der Waals surface area (Å²) in [4.78, 5) is 38.1. The third-order valence-corrected chi connectivity index (χ3v) is 13.9. The summed E-state index contributed by atoms with van der Waals surface area (Å²) in [5.41, 5.74) is 0. The van der Waals surface area contributed by atoms with E-state index in [1.54, 1.807) is 0 Å². The van der Waals surface area contributed by atoms with Crippen molar-refractivity contribution in [2.75, 3.05) is 13.2 Å². The van der Waals surface area contributed by atoms with Crippen LogP contribution in [0.5, 0.6) is 0 Å². The maximum absolute atomic E-state index is 12.9. The van der Waals surface area contributed by atoms with E-state index in [0.29, 0.717) is 19.3 Å². The van der Waals surface area contributed by atoms with E-state index in [-0.39, 0.29) is 31.1 Å². The van der Waals surface area contributed by atoms with Gasteiger partial charge >= 0.3 is 17.9 Å². The molecule has 0 amide bonds. The molecule has 0 aromatic carbocycles. The molecule has 6 heteroatoms. The van der Waals surface area contributed by atoms with Crippen LogP contribution in [0, 0.1) is 0 Å². The number of allylic oxidation sites excluding steroid dienone is 14. The number of unbranched alkanes of at least 4 members (excludes halogenated alkanes) is 33. The van der Waals surface area contributed by atoms with E-state index in [0.717, 1.165) is 96.3 Å². The normalized spacial score (nSPS) is 12.6. The molecule has 75 heavy (non-hydrogen) atoms. The Morgan fingerprint density at radius 2 is 0.520 bits per heavy atom. The van der Waals surface area contributed by atoms with Crippen LogP contribution < -0.4 is 0 Å². The molecule has 0 bridgehead atoms. The Morgan fingerprint density at radius 1 is 0.280 bits per heavy atom. The molecule has 0 fully saturated rings. The van der Waals surface area contributed by atoms with Crippen LogP contribution >= 0.6 is 0 Å². The topological polar surface area (TPSA) is 78.9 Å². The lowest BCUT2D eigenvalue weighted by atomic mass is 10.0. The maximum Gasteiger partial charge on any atom is 0.306 e. The summed E-state index contributed by atoms with van der Waals surface area (Å²) in [6.45, 7) is 6.51. The number of carbonyl (C=O) groups is 3. The predicted octanol–water partition coefficient (Wildman–Crippen LogP) is 21.9. The molecule has 0 saturated heterocycles. The van der Waals surface area contributed by atoms with Gasteiger partial charge in [0.25, 0.3) is 0 Å². The molecule has 6 nitrogen and oxygen atoms in total. The summed E-state index contributed by atoms with van der Waals surface area (Å²) in [6, 6.07) is 0. The van der Waals surface area contributed by atoms with E-state index in [4.69, 9.17) is 14.2 Å². The summed E-state index contributed by atoms with van der Waals surface area (Å²) >= 11 is 0. The van der Waals surface area contributed by atoms with Gasteiger partial charge in [-0.2, -0.15) is 0 Å². The summed E-state index contributed by atoms with van der Waals surface area (Å²) in [6.07, 6.45) is 83.3. The summed E-state index contributed by atoms with van der Waals surface area (Å²) in [5.74, 6) is -0.878. The molecule has 432 valence electrons. The molecule has 0 N–H and O–H groups in total. The Bertz CT molecular complexity index is 1430. The van der Waals surface area contributed by atoms with Crippen LogP contribution in [0.4, 0.5) is 0 Å². The molecule has 0 aliphatic rings. The minimum Gasteiger partial charge on any atom is -0.462 e. The van der Waals surface area contributed by atoms with Crippen molar-refractivity contribution in [3.05, 3.63) is 85.1 Å². The standard InChI is InChI=1S/C69H120O6/c1-4-7-10-13-16-18-20-22-24-26-28-30-31-32-33-34-35-36-37-39-40-42-44-46-48-50-53-56-59-62-68(71)74-65-66(64-73-67(70)61-58-55-52-15-12-9-6-3)75-69(72)63-60-57-54-51-49-47-45-43-41-38-29-27-25-23-21-19-17-14-11-8-5-2/h7,10,16,18,22,24,27-30,32-33,35-36,66H,4-6,8-9,11-15,17,19-21,23,25-26,31,34,37-65H2,1-3H3/b10-7-,18-16-,24-22-,29-27-,30-28-,33-32-,36-35-. The molecule has 1 atom stereocenters. The van der Waals surface area contributed by atoms with Crippen molar-refractivity contribution >= 4 is 17.9 Å². The second-order valence-corrected chi connectivity index (χ2v) is 21.3. The molecular formula is C69H120O6. The average molecular weight is 1050 g/mol. The van der Waals surface area contributed by atoms with Crippen LogP contribution in [0.2, 0.25) is 0 Å². The van der Waals surface area contributed by atoms with Gasteiger partial charge in [0.05, 0.1) is 0 Å². The minimum atomic E-state index is -0.776. The third kappa shape index (κ3) is 61.3. The highest BCUT2D eigenvalue weighted by atomic mass is 16.6. The first-order chi connectivity index (χ1) is 37.0. The quantitative estimate of drug-likeness (QED) is 0.0261. The summed E-state index contributed by atoms with van der Waals surface area (Å²) in [5, 5.41) is 0. The van der Waals surface area contributed by atoms with E-state index in [2.05, 4.69) is 106 Å². The van der Waals surface area contributed by atoms with Gasteiger partial charge in [0.15, 0.2) is 6.10 Å². The first-order valence-corrected chi connectivity index (χ1v) is 32.1. The third-order valence-electron chi connectivity index (χ3n) is 13.9. The largest absolute Gasteiger partial charge is 0.462 e. The van der Waals surface area contributed by atoms with Crippen LogP contribution in [-0.4, -0.2) is 37.2 Å². The van der Waals surface area contributed by atoms with Gasteiger partial charge in [0.1, 0.15) is 13.2 Å². The van der Waals surface area contributed by atoms with Gasteiger partial charge in [0, 0.05) is 19.3 Å². The van der Waals surface area contributed by atoms with Crippen molar-refractivity contribution in [2.45, 2.75) is 322 Å². The predicted molar refractivity (Wildman–Crippen MR) is 325 cm³/mol. The Hall–Kier alpha value is -3.41. The van der Waals surface area contributed by atoms with Crippen molar-refractivity contribution in [1.29, 1.82) is 0 Å². The first-order valence-electron chi connectivity index (χ1n) is 32.1. The highest BCUT2D eigenvalue weighted by Crippen LogP contribution is 2.16. The van der Waals surface area contributed by atoms with Crippen LogP contribution in [0.1, 0.15) is 316 Å². The molecule has 0 aliphatic carbocycles. The van der Waals surface area contributed by atoms with Crippen molar-refractivity contribution in [2.24, 2.45) is 0 Å². The molecule has 0 spiro atoms. The number of rotatable bonds is 58. The number of hydrogen-bond donors (Lipinski definition) is 0. The molecule has 1 unspecified atom stereocenters. The molecule has 0 saturated carbocycles. The number of carbonyl (C=O) groups excluding carboxylic acids is 3. The van der Waals surface area contributed by atoms with Crippen LogP contribution in [-0.2, 0) is 28.6 Å². The zero-order chi connectivity index (χ0) is 54.3. The SMILES string of the molecule is CC/C=C\C/C=C\C/C=C\C/C=C\C/C=C\C/C=C\CCCCCCCCCCCCC(=O)OCC(COC(=O)CCCCCCCCC)OC(=O)CCCCCCCCCCC/C=C\CCCCCCCCCC. The van der Waals surface area contributed by atoms with Crippen molar-refractivity contribution in [1.82, 2.24) is 0 Å². The Labute approximate surface area is 465 Å². The van der Waals surface area contributed by atoms with E-state index in [9.17, 15) is 14.4 Å². The van der Waals surface area contributed by atoms with Gasteiger partial charge in [-0.05, 0) is 96.3 Å². The fourth-order valence-corrected chi connectivity index (χ4v) is 9.09. The molecule has 0 aromatic rings. The van der Waals surface area contributed by atoms with E-state index >= 15 is 0 Å². The minimum absolute atomic E-state index is 0.0760. The second kappa shape index (κ2) is 63.1. The van der Waals surface area contributed by atoms with E-state index < -0.39 is 6.10 Å². The molecule has 0 heterocycles. The van der Waals surface area contributed by atoms with Gasteiger partial charge < -0.3 is 14.2 Å². The van der Waals surface area contributed by atoms with E-state index in [1.165, 1.54) is 180 Å². The Kier molecular flexibility index (Phi) is 60.3. The first kappa shape index (κ1) is 71.6. The molecule has 0 radical (unpaired) electrons. The number of hydrogen-bond acceptors (Lipinski definition) is 6. The van der Waals surface area contributed by atoms with Gasteiger partial charge in [-0.1, -0.05) is 286 Å². The monoisotopic (exact) mass is 1040 g/mol. The second-order valence-electron chi connectivity index (χ2n) is 21.3. The number of esters is 3. The van der Waals surface area contributed by atoms with Crippen molar-refractivity contribution in [3.63, 3.8) is 0 Å². The molecule has 0 rings (SSSR count). The average Bonchev–Trinajstić information content (AvgIpc) is 3.41. The Morgan fingerprint density at radius 3 is 0.827 bits per heavy atom. The fourth-order valence-electron chi connectivity index (χ4n) is 9.09. The van der Waals surface area contributed by atoms with Crippen LogP contribution in [0.3, 0.4) is 0 Å². The van der Waals surface area contributed by atoms with Crippen LogP contribution in [0.15, 0.2) is 85.1 Å².